The van der Waals surface area contributed by atoms with E-state index in [1.807, 2.05) is 12.1 Å². The minimum absolute atomic E-state index is 0.312. The Morgan fingerprint density at radius 3 is 2.84 bits per heavy atom. The summed E-state index contributed by atoms with van der Waals surface area (Å²) in [4.78, 5) is 13.1. The van der Waals surface area contributed by atoms with E-state index < -0.39 is 12.1 Å². The molecule has 0 aromatic heterocycles. The van der Waals surface area contributed by atoms with Crippen LogP contribution >= 0.6 is 15.9 Å². The highest BCUT2D eigenvalue weighted by molar-refractivity contribution is 9.10. The number of ether oxygens (including phenoxy) is 1. The smallest absolute Gasteiger partial charge is 0.334 e. The van der Waals surface area contributed by atoms with Crippen molar-refractivity contribution in [3.05, 3.63) is 34.3 Å². The fraction of sp³-hybridized carbons (Fsp3) is 0.500. The Kier molecular flexibility index (Phi) is 4.96. The van der Waals surface area contributed by atoms with Crippen LogP contribution in [0.4, 0.5) is 0 Å². The van der Waals surface area contributed by atoms with Gasteiger partial charge < -0.3 is 9.84 Å². The molecule has 2 unspecified atom stereocenters. The zero-order valence-corrected chi connectivity index (χ0v) is 12.5. The predicted octanol–water partition coefficient (Wildman–Crippen LogP) is 2.17. The quantitative estimate of drug-likeness (QED) is 0.920. The fourth-order valence-electron chi connectivity index (χ4n) is 2.31. The molecule has 1 heterocycles. The van der Waals surface area contributed by atoms with Gasteiger partial charge in [-0.15, -0.1) is 0 Å². The second-order valence-electron chi connectivity index (χ2n) is 4.87. The highest BCUT2D eigenvalue weighted by atomic mass is 79.9. The number of aliphatic carboxylic acids is 1. The lowest BCUT2D eigenvalue weighted by Gasteiger charge is -2.35. The van der Waals surface area contributed by atoms with Gasteiger partial charge in [0.1, 0.15) is 0 Å². The number of carboxylic acid groups (broad SMARTS) is 1. The Balaban J connectivity index is 1.93. The number of hydrogen-bond donors (Lipinski definition) is 1. The molecule has 1 aliphatic rings. The second-order valence-corrected chi connectivity index (χ2v) is 5.79. The van der Waals surface area contributed by atoms with Crippen molar-refractivity contribution in [2.24, 2.45) is 0 Å². The summed E-state index contributed by atoms with van der Waals surface area (Å²) in [6.45, 7) is 3.88. The molecule has 0 aliphatic carbocycles. The molecule has 5 heteroatoms. The molecule has 2 atom stereocenters. The molecule has 1 saturated heterocycles. The molecule has 4 nitrogen and oxygen atoms in total. The number of hydrogen-bond acceptors (Lipinski definition) is 3. The molecule has 2 rings (SSSR count). The van der Waals surface area contributed by atoms with Crippen molar-refractivity contribution in [2.75, 3.05) is 19.7 Å². The highest BCUT2D eigenvalue weighted by Gasteiger charge is 2.28. The standard InChI is InChI=1S/C14H18BrNO3/c1-10(8-11-2-4-12(15)5-3-11)16-6-7-19-13(9-16)14(17)18/h2-5,10,13H,6-9H2,1H3,(H,17,18). The van der Waals surface area contributed by atoms with Crippen LogP contribution in [0, 0.1) is 0 Å². The largest absolute Gasteiger partial charge is 0.479 e. The zero-order valence-electron chi connectivity index (χ0n) is 10.9. The summed E-state index contributed by atoms with van der Waals surface area (Å²) in [7, 11) is 0. The number of morpholine rings is 1. The molecule has 104 valence electrons. The lowest BCUT2D eigenvalue weighted by molar-refractivity contribution is -0.156. The van der Waals surface area contributed by atoms with E-state index in [2.05, 4.69) is 39.9 Å². The van der Waals surface area contributed by atoms with Crippen LogP contribution < -0.4 is 0 Å². The molecule has 0 spiro atoms. The molecule has 0 bridgehead atoms. The van der Waals surface area contributed by atoms with Gasteiger partial charge >= 0.3 is 5.97 Å². The van der Waals surface area contributed by atoms with Crippen LogP contribution in [-0.4, -0.2) is 47.8 Å². The Labute approximate surface area is 121 Å². The maximum absolute atomic E-state index is 11.0. The van der Waals surface area contributed by atoms with Gasteiger partial charge in [0.25, 0.3) is 0 Å². The monoisotopic (exact) mass is 327 g/mol. The van der Waals surface area contributed by atoms with Crippen molar-refractivity contribution in [1.82, 2.24) is 4.90 Å². The van der Waals surface area contributed by atoms with Crippen LogP contribution in [-0.2, 0) is 16.0 Å². The number of halogens is 1. The zero-order chi connectivity index (χ0) is 13.8. The number of carbonyl (C=O) groups is 1. The van der Waals surface area contributed by atoms with Crippen LogP contribution in [0.25, 0.3) is 0 Å². The topological polar surface area (TPSA) is 49.8 Å². The third-order valence-electron chi connectivity index (χ3n) is 3.44. The second kappa shape index (κ2) is 6.50. The van der Waals surface area contributed by atoms with Gasteiger partial charge in [0.15, 0.2) is 6.10 Å². The van der Waals surface area contributed by atoms with E-state index in [1.54, 1.807) is 0 Å². The van der Waals surface area contributed by atoms with Crippen LogP contribution in [0.3, 0.4) is 0 Å². The van der Waals surface area contributed by atoms with Gasteiger partial charge in [0.2, 0.25) is 0 Å². The van der Waals surface area contributed by atoms with E-state index in [0.29, 0.717) is 19.2 Å². The maximum Gasteiger partial charge on any atom is 0.334 e. The third kappa shape index (κ3) is 4.03. The fourth-order valence-corrected chi connectivity index (χ4v) is 2.57. The van der Waals surface area contributed by atoms with Gasteiger partial charge in [0.05, 0.1) is 6.61 Å². The first-order valence-electron chi connectivity index (χ1n) is 6.39. The van der Waals surface area contributed by atoms with Crippen LogP contribution in [0.15, 0.2) is 28.7 Å². The first-order chi connectivity index (χ1) is 9.06. The van der Waals surface area contributed by atoms with Crippen LogP contribution in [0.5, 0.6) is 0 Å². The summed E-state index contributed by atoms with van der Waals surface area (Å²) in [5.74, 6) is -0.874. The summed E-state index contributed by atoms with van der Waals surface area (Å²) < 4.78 is 6.31. The van der Waals surface area contributed by atoms with E-state index in [9.17, 15) is 4.79 Å². The summed E-state index contributed by atoms with van der Waals surface area (Å²) in [6.07, 6.45) is 0.223. The number of benzene rings is 1. The lowest BCUT2D eigenvalue weighted by atomic mass is 10.1. The predicted molar refractivity (Wildman–Crippen MR) is 76.3 cm³/mol. The van der Waals surface area contributed by atoms with E-state index >= 15 is 0 Å². The highest BCUT2D eigenvalue weighted by Crippen LogP contribution is 2.16. The van der Waals surface area contributed by atoms with Gasteiger partial charge in [-0.3, -0.25) is 4.90 Å². The number of rotatable bonds is 4. The minimum Gasteiger partial charge on any atom is -0.479 e. The summed E-state index contributed by atoms with van der Waals surface area (Å²) >= 11 is 3.42. The SMILES string of the molecule is CC(Cc1ccc(Br)cc1)N1CCOC(C(=O)O)C1. The first kappa shape index (κ1) is 14.5. The van der Waals surface area contributed by atoms with E-state index in [-0.39, 0.29) is 0 Å². The first-order valence-corrected chi connectivity index (χ1v) is 7.18. The molecule has 1 aliphatic heterocycles. The third-order valence-corrected chi connectivity index (χ3v) is 3.97. The average Bonchev–Trinajstić information content (AvgIpc) is 2.41. The molecule has 0 amide bonds. The average molecular weight is 328 g/mol. The van der Waals surface area contributed by atoms with Gasteiger partial charge in [-0.2, -0.15) is 0 Å². The van der Waals surface area contributed by atoms with Crippen molar-refractivity contribution >= 4 is 21.9 Å². The van der Waals surface area contributed by atoms with Crippen LogP contribution in [0.2, 0.25) is 0 Å². The van der Waals surface area contributed by atoms with Gasteiger partial charge in [-0.25, -0.2) is 4.79 Å². The van der Waals surface area contributed by atoms with E-state index in [0.717, 1.165) is 17.4 Å². The summed E-state index contributed by atoms with van der Waals surface area (Å²) in [5, 5.41) is 9.00. The van der Waals surface area contributed by atoms with Gasteiger partial charge in [-0.1, -0.05) is 28.1 Å². The molecule has 1 fully saturated rings. The number of nitrogens with zero attached hydrogens (tertiary/aromatic N) is 1. The maximum atomic E-state index is 11.0. The Morgan fingerprint density at radius 1 is 1.53 bits per heavy atom. The van der Waals surface area contributed by atoms with Crippen molar-refractivity contribution in [1.29, 1.82) is 0 Å². The molecule has 1 N–H and O–H groups in total. The molecule has 19 heavy (non-hydrogen) atoms. The van der Waals surface area contributed by atoms with Gasteiger partial charge in [-0.05, 0) is 31.0 Å². The van der Waals surface area contributed by atoms with E-state index in [4.69, 9.17) is 9.84 Å². The van der Waals surface area contributed by atoms with Crippen LogP contribution in [0.1, 0.15) is 12.5 Å². The van der Waals surface area contributed by atoms with Crippen molar-refractivity contribution in [3.8, 4) is 0 Å². The molecule has 0 saturated carbocycles. The lowest BCUT2D eigenvalue weighted by Crippen LogP contribution is -2.50. The number of carboxylic acids is 1. The van der Waals surface area contributed by atoms with Gasteiger partial charge in [0, 0.05) is 23.6 Å². The minimum atomic E-state index is -0.874. The summed E-state index contributed by atoms with van der Waals surface area (Å²) in [6, 6.07) is 8.56. The van der Waals surface area contributed by atoms with Crippen molar-refractivity contribution in [2.45, 2.75) is 25.5 Å². The molecule has 0 radical (unpaired) electrons. The molecule has 1 aromatic carbocycles. The Morgan fingerprint density at radius 2 is 2.21 bits per heavy atom. The summed E-state index contributed by atoms with van der Waals surface area (Å²) in [5.41, 5.74) is 1.26. The molecular weight excluding hydrogens is 310 g/mol. The molecular formula is C14H18BrNO3. The van der Waals surface area contributed by atoms with Crippen molar-refractivity contribution in [3.63, 3.8) is 0 Å². The normalized spacial score (nSPS) is 22.1. The molecule has 1 aromatic rings. The Hall–Kier alpha value is -0.910. The van der Waals surface area contributed by atoms with E-state index in [1.165, 1.54) is 5.56 Å². The van der Waals surface area contributed by atoms with Crippen molar-refractivity contribution < 1.29 is 14.6 Å². The Bertz CT molecular complexity index is 435.